The summed E-state index contributed by atoms with van der Waals surface area (Å²) >= 11 is 0. The summed E-state index contributed by atoms with van der Waals surface area (Å²) in [5.41, 5.74) is 0. The van der Waals surface area contributed by atoms with Crippen molar-refractivity contribution in [3.8, 4) is 0 Å². The lowest BCUT2D eigenvalue weighted by atomic mass is 10.0. The first-order valence-corrected chi connectivity index (χ1v) is 32.4. The number of hydrogen-bond acceptors (Lipinski definition) is 6. The highest BCUT2D eigenvalue weighted by Crippen LogP contribution is 2.17. The van der Waals surface area contributed by atoms with Crippen LogP contribution in [0.25, 0.3) is 0 Å². The Morgan fingerprint density at radius 2 is 0.520 bits per heavy atom. The summed E-state index contributed by atoms with van der Waals surface area (Å²) in [6, 6.07) is 0. The second kappa shape index (κ2) is 63.4. The lowest BCUT2D eigenvalue weighted by molar-refractivity contribution is -0.167. The number of allylic oxidation sites excluding steroid dienone is 12. The Morgan fingerprint density at radius 1 is 0.280 bits per heavy atom. The van der Waals surface area contributed by atoms with E-state index in [0.29, 0.717) is 19.3 Å². The van der Waals surface area contributed by atoms with Gasteiger partial charge < -0.3 is 14.2 Å². The topological polar surface area (TPSA) is 78.9 Å². The Labute approximate surface area is 465 Å². The van der Waals surface area contributed by atoms with Crippen LogP contribution in [0.1, 0.15) is 329 Å². The number of ether oxygens (including phenoxy) is 3. The van der Waals surface area contributed by atoms with Crippen molar-refractivity contribution in [3.63, 3.8) is 0 Å². The molecule has 0 saturated heterocycles. The van der Waals surface area contributed by atoms with Crippen molar-refractivity contribution in [1.29, 1.82) is 0 Å². The molecule has 0 aromatic heterocycles. The van der Waals surface area contributed by atoms with Crippen LogP contribution in [-0.4, -0.2) is 37.2 Å². The van der Waals surface area contributed by atoms with Crippen molar-refractivity contribution in [2.24, 2.45) is 0 Å². The van der Waals surface area contributed by atoms with Gasteiger partial charge in [-0.1, -0.05) is 293 Å². The van der Waals surface area contributed by atoms with E-state index in [1.807, 2.05) is 0 Å². The van der Waals surface area contributed by atoms with E-state index in [2.05, 4.69) is 93.7 Å². The summed E-state index contributed by atoms with van der Waals surface area (Å²) in [6.45, 7) is 6.45. The van der Waals surface area contributed by atoms with Crippen LogP contribution in [0, 0.1) is 0 Å². The fraction of sp³-hybridized carbons (Fsp3) is 0.783. The summed E-state index contributed by atoms with van der Waals surface area (Å²) in [5, 5.41) is 0. The van der Waals surface area contributed by atoms with Crippen molar-refractivity contribution < 1.29 is 28.6 Å². The van der Waals surface area contributed by atoms with Gasteiger partial charge in [0, 0.05) is 19.3 Å². The zero-order chi connectivity index (χ0) is 54.3. The average Bonchev–Trinajstić information content (AvgIpc) is 3.41. The van der Waals surface area contributed by atoms with Crippen LogP contribution in [0.15, 0.2) is 72.9 Å². The second-order valence-electron chi connectivity index (χ2n) is 21.6. The fourth-order valence-corrected chi connectivity index (χ4v) is 9.35. The Hall–Kier alpha value is -3.15. The normalized spacial score (nSPS) is 12.5. The Bertz CT molecular complexity index is 1390. The number of rotatable bonds is 59. The van der Waals surface area contributed by atoms with E-state index in [4.69, 9.17) is 14.2 Å². The Balaban J connectivity index is 3.94. The van der Waals surface area contributed by atoms with Crippen LogP contribution >= 0.6 is 0 Å². The quantitative estimate of drug-likeness (QED) is 0.0261. The third-order valence-corrected chi connectivity index (χ3v) is 14.2. The van der Waals surface area contributed by atoms with Gasteiger partial charge in [0.1, 0.15) is 13.2 Å². The predicted octanol–water partition coefficient (Wildman–Crippen LogP) is 22.1. The molecule has 75 heavy (non-hydrogen) atoms. The molecular weight excluding hydrogens is 925 g/mol. The molecule has 0 aliphatic carbocycles. The lowest BCUT2D eigenvalue weighted by Crippen LogP contribution is -2.30. The van der Waals surface area contributed by atoms with Gasteiger partial charge in [0.15, 0.2) is 6.10 Å². The molecule has 0 saturated carbocycles. The first kappa shape index (κ1) is 71.8. The number of esters is 3. The van der Waals surface area contributed by atoms with Gasteiger partial charge in [0.2, 0.25) is 0 Å². The molecule has 1 atom stereocenters. The van der Waals surface area contributed by atoms with Gasteiger partial charge >= 0.3 is 17.9 Å². The molecule has 0 aromatic rings. The minimum absolute atomic E-state index is 0.0785. The first-order valence-electron chi connectivity index (χ1n) is 32.4. The van der Waals surface area contributed by atoms with E-state index in [1.54, 1.807) is 0 Å². The Morgan fingerprint density at radius 3 is 0.813 bits per heavy atom. The third kappa shape index (κ3) is 61.6. The van der Waals surface area contributed by atoms with Crippen LogP contribution < -0.4 is 0 Å². The van der Waals surface area contributed by atoms with E-state index >= 15 is 0 Å². The highest BCUT2D eigenvalue weighted by atomic mass is 16.6. The minimum atomic E-state index is -0.778. The molecule has 0 spiro atoms. The van der Waals surface area contributed by atoms with Gasteiger partial charge in [0.25, 0.3) is 0 Å². The molecule has 0 amide bonds. The van der Waals surface area contributed by atoms with E-state index < -0.39 is 6.10 Å². The largest absolute Gasteiger partial charge is 0.462 e. The van der Waals surface area contributed by atoms with E-state index in [0.717, 1.165) is 109 Å². The van der Waals surface area contributed by atoms with Crippen LogP contribution in [0.5, 0.6) is 0 Å². The summed E-state index contributed by atoms with van der Waals surface area (Å²) in [6.07, 6.45) is 82.6. The highest BCUT2D eigenvalue weighted by Gasteiger charge is 2.19. The number of hydrogen-bond donors (Lipinski definition) is 0. The van der Waals surface area contributed by atoms with Crippen molar-refractivity contribution in [2.45, 2.75) is 335 Å². The van der Waals surface area contributed by atoms with Gasteiger partial charge in [-0.05, 0) is 89.9 Å². The van der Waals surface area contributed by atoms with Gasteiger partial charge in [0.05, 0.1) is 0 Å². The maximum atomic E-state index is 12.8. The molecule has 0 heterocycles. The Kier molecular flexibility index (Phi) is 60.7. The van der Waals surface area contributed by atoms with E-state index in [-0.39, 0.29) is 31.1 Å². The zero-order valence-corrected chi connectivity index (χ0v) is 49.8. The zero-order valence-electron chi connectivity index (χ0n) is 49.8. The summed E-state index contributed by atoms with van der Waals surface area (Å²) < 4.78 is 16.8. The average molecular weight is 1050 g/mol. The van der Waals surface area contributed by atoms with Crippen LogP contribution in [-0.2, 0) is 28.6 Å². The van der Waals surface area contributed by atoms with Gasteiger partial charge in [-0.3, -0.25) is 14.4 Å². The molecule has 0 radical (unpaired) electrons. The van der Waals surface area contributed by atoms with Gasteiger partial charge in [-0.25, -0.2) is 0 Å². The molecule has 6 nitrogen and oxygen atoms in total. The van der Waals surface area contributed by atoms with Crippen molar-refractivity contribution in [2.75, 3.05) is 13.2 Å². The van der Waals surface area contributed by atoms with Crippen LogP contribution in [0.2, 0.25) is 0 Å². The van der Waals surface area contributed by atoms with Crippen molar-refractivity contribution >= 4 is 17.9 Å². The molecule has 0 rings (SSSR count). The van der Waals surface area contributed by atoms with Crippen molar-refractivity contribution in [1.82, 2.24) is 0 Å². The molecule has 0 bridgehead atoms. The van der Waals surface area contributed by atoms with Crippen LogP contribution in [0.3, 0.4) is 0 Å². The fourth-order valence-electron chi connectivity index (χ4n) is 9.35. The predicted molar refractivity (Wildman–Crippen MR) is 325 cm³/mol. The molecule has 0 fully saturated rings. The maximum Gasteiger partial charge on any atom is 0.306 e. The highest BCUT2D eigenvalue weighted by molar-refractivity contribution is 5.71. The summed E-state index contributed by atoms with van der Waals surface area (Å²) in [4.78, 5) is 37.9. The molecular formula is C69H122O6. The molecule has 0 aromatic carbocycles. The first-order chi connectivity index (χ1) is 37.0. The molecule has 0 N–H and O–H groups in total. The molecule has 1 unspecified atom stereocenters. The van der Waals surface area contributed by atoms with Gasteiger partial charge in [-0.15, -0.1) is 0 Å². The molecule has 0 aliphatic rings. The van der Waals surface area contributed by atoms with E-state index in [9.17, 15) is 14.4 Å². The number of carbonyl (C=O) groups excluding carboxylic acids is 3. The summed E-state index contributed by atoms with van der Waals surface area (Å²) in [5.74, 6) is -0.895. The minimum Gasteiger partial charge on any atom is -0.462 e. The smallest absolute Gasteiger partial charge is 0.306 e. The molecule has 0 aliphatic heterocycles. The second-order valence-corrected chi connectivity index (χ2v) is 21.6. The van der Waals surface area contributed by atoms with E-state index in [1.165, 1.54) is 180 Å². The van der Waals surface area contributed by atoms with Crippen LogP contribution in [0.4, 0.5) is 0 Å². The monoisotopic (exact) mass is 1050 g/mol. The molecule has 434 valence electrons. The maximum absolute atomic E-state index is 12.8. The van der Waals surface area contributed by atoms with Gasteiger partial charge in [-0.2, -0.15) is 0 Å². The third-order valence-electron chi connectivity index (χ3n) is 14.2. The SMILES string of the molecule is CC/C=C\C/C=C\C/C=C\C/C=C\CCCCCCCCC(=O)OC(COC(=O)CCCCCCC)COC(=O)CCCCCCCCCCCCCCCCCCCCCCC/C=C\C/C=C\CCCCCCC. The number of unbranched alkanes of at least 4 members (excludes halogenated alkanes) is 36. The van der Waals surface area contributed by atoms with Crippen molar-refractivity contribution in [3.05, 3.63) is 72.9 Å². The number of carbonyl (C=O) groups is 3. The molecule has 6 heteroatoms. The lowest BCUT2D eigenvalue weighted by Gasteiger charge is -2.18. The summed E-state index contributed by atoms with van der Waals surface area (Å²) in [7, 11) is 0. The standard InChI is InChI=1S/C69H122O6/c1-4-7-10-13-15-17-19-21-23-25-27-28-29-30-31-32-33-34-35-36-37-38-39-40-42-43-45-47-49-51-53-56-59-62-68(71)74-65-66(64-73-67(70)61-58-55-12-9-6-3)75-69(72)63-60-57-54-52-50-48-46-44-41-26-24-22-20-18-16-14-11-8-5-2/h8,11,16,18-19,21-22,24-25,27,41,44,66H,4-7,9-10,12-15,17,20,23,26,28-40,42-43,45-65H2,1-3H3/b11-8-,18-16-,21-19-,24-22-,27-25-,44-41-.